The molecule has 0 aliphatic carbocycles. The zero-order valence-corrected chi connectivity index (χ0v) is 11.1. The quantitative estimate of drug-likeness (QED) is 0.805. The third kappa shape index (κ3) is 1.98. The van der Waals surface area contributed by atoms with E-state index in [2.05, 4.69) is 32.3 Å². The molecule has 6 heteroatoms. The van der Waals surface area contributed by atoms with Crippen LogP contribution >= 0.6 is 0 Å². The molecule has 19 heavy (non-hydrogen) atoms. The molecule has 3 rings (SSSR count). The van der Waals surface area contributed by atoms with Gasteiger partial charge >= 0.3 is 0 Å². The average molecular weight is 258 g/mol. The van der Waals surface area contributed by atoms with Gasteiger partial charge in [0.05, 0.1) is 5.70 Å². The van der Waals surface area contributed by atoms with Crippen molar-refractivity contribution >= 4 is 11.6 Å². The predicted octanol–water partition coefficient (Wildman–Crippen LogP) is 0.686. The van der Waals surface area contributed by atoms with Crippen molar-refractivity contribution in [3.05, 3.63) is 30.9 Å². The Morgan fingerprint density at radius 2 is 2.21 bits per heavy atom. The molecule has 6 nitrogen and oxygen atoms in total. The first-order valence-corrected chi connectivity index (χ1v) is 6.48. The standard InChI is InChI=1S/C13H18N6/c1-3-5-11(6-4-2)19-12(15-16-17-19)18-9-13(10-18)7-14-8-13/h3-6,14H,1,7-10H2,2H3/b6-4-,11-5+. The maximum absolute atomic E-state index is 4.15. The number of aromatic nitrogens is 4. The smallest absolute Gasteiger partial charge is 0.250 e. The summed E-state index contributed by atoms with van der Waals surface area (Å²) in [6.45, 7) is 9.97. The molecule has 1 N–H and O–H groups in total. The SMILES string of the molecule is C=C/C=C(\C=C/C)n1nnnc1N1CC2(CNC2)C1. The maximum Gasteiger partial charge on any atom is 0.250 e. The molecular formula is C13H18N6. The van der Waals surface area contributed by atoms with E-state index in [1.54, 1.807) is 10.8 Å². The summed E-state index contributed by atoms with van der Waals surface area (Å²) in [5.74, 6) is 0.809. The fourth-order valence-electron chi connectivity index (χ4n) is 2.64. The van der Waals surface area contributed by atoms with Crippen LogP contribution < -0.4 is 10.2 Å². The molecule has 2 fully saturated rings. The number of nitrogens with zero attached hydrogens (tertiary/aromatic N) is 5. The van der Waals surface area contributed by atoms with Crippen LogP contribution in [0, 0.1) is 5.41 Å². The Morgan fingerprint density at radius 1 is 1.42 bits per heavy atom. The fraction of sp³-hybridized carbons (Fsp3) is 0.462. The van der Waals surface area contributed by atoms with Gasteiger partial charge in [-0.2, -0.15) is 4.68 Å². The van der Waals surface area contributed by atoms with Gasteiger partial charge < -0.3 is 10.2 Å². The lowest BCUT2D eigenvalue weighted by Crippen LogP contribution is -2.71. The van der Waals surface area contributed by atoms with Crippen LogP contribution in [0.2, 0.25) is 0 Å². The predicted molar refractivity (Wildman–Crippen MR) is 74.6 cm³/mol. The molecular weight excluding hydrogens is 240 g/mol. The van der Waals surface area contributed by atoms with Gasteiger partial charge in [-0.25, -0.2) is 0 Å². The summed E-state index contributed by atoms with van der Waals surface area (Å²) in [6.07, 6.45) is 7.59. The Hall–Kier alpha value is -1.95. The molecule has 2 aliphatic heterocycles. The summed E-state index contributed by atoms with van der Waals surface area (Å²) in [5.41, 5.74) is 1.38. The molecule has 0 amide bonds. The molecule has 0 aromatic carbocycles. The van der Waals surface area contributed by atoms with Crippen molar-refractivity contribution in [1.82, 2.24) is 25.5 Å². The molecule has 0 saturated carbocycles. The third-order valence-corrected chi connectivity index (χ3v) is 3.66. The van der Waals surface area contributed by atoms with E-state index < -0.39 is 0 Å². The Labute approximate surface area is 112 Å². The minimum atomic E-state index is 0.458. The first kappa shape index (κ1) is 12.1. The summed E-state index contributed by atoms with van der Waals surface area (Å²) in [4.78, 5) is 2.22. The van der Waals surface area contributed by atoms with E-state index in [1.807, 2.05) is 25.2 Å². The third-order valence-electron chi connectivity index (χ3n) is 3.66. The molecule has 0 radical (unpaired) electrons. The monoisotopic (exact) mass is 258 g/mol. The van der Waals surface area contributed by atoms with E-state index in [0.29, 0.717) is 5.41 Å². The van der Waals surface area contributed by atoms with Crippen molar-refractivity contribution in [3.63, 3.8) is 0 Å². The maximum atomic E-state index is 4.15. The number of anilines is 1. The van der Waals surface area contributed by atoms with Gasteiger partial charge in [0.1, 0.15) is 0 Å². The van der Waals surface area contributed by atoms with Gasteiger partial charge in [-0.15, -0.1) is 0 Å². The van der Waals surface area contributed by atoms with Crippen LogP contribution in [0.4, 0.5) is 5.95 Å². The van der Waals surface area contributed by atoms with Gasteiger partial charge in [-0.3, -0.25) is 0 Å². The second-order valence-corrected chi connectivity index (χ2v) is 5.18. The Bertz CT molecular complexity index is 529. The van der Waals surface area contributed by atoms with Gasteiger partial charge in [0.2, 0.25) is 5.95 Å². The second-order valence-electron chi connectivity index (χ2n) is 5.18. The molecule has 0 bridgehead atoms. The Kier molecular flexibility index (Phi) is 2.94. The molecule has 0 unspecified atom stereocenters. The van der Waals surface area contributed by atoms with Crippen LogP contribution in [0.5, 0.6) is 0 Å². The minimum absolute atomic E-state index is 0.458. The summed E-state index contributed by atoms with van der Waals surface area (Å²) >= 11 is 0. The van der Waals surface area contributed by atoms with Crippen LogP contribution in [0.1, 0.15) is 6.92 Å². The topological polar surface area (TPSA) is 58.9 Å². The zero-order valence-electron chi connectivity index (χ0n) is 11.1. The van der Waals surface area contributed by atoms with E-state index in [4.69, 9.17) is 0 Å². The molecule has 1 aromatic heterocycles. The zero-order chi connectivity index (χ0) is 13.3. The fourth-order valence-corrected chi connectivity index (χ4v) is 2.64. The Morgan fingerprint density at radius 3 is 2.79 bits per heavy atom. The Balaban J connectivity index is 1.82. The first-order valence-electron chi connectivity index (χ1n) is 6.48. The van der Waals surface area contributed by atoms with Crippen molar-refractivity contribution in [3.8, 4) is 0 Å². The average Bonchev–Trinajstić information content (AvgIpc) is 2.74. The van der Waals surface area contributed by atoms with Crippen molar-refractivity contribution in [2.75, 3.05) is 31.1 Å². The van der Waals surface area contributed by atoms with Crippen LogP contribution in [0.25, 0.3) is 5.70 Å². The molecule has 1 spiro atoms. The van der Waals surface area contributed by atoms with Crippen LogP contribution in [0.15, 0.2) is 30.9 Å². The van der Waals surface area contributed by atoms with Crippen molar-refractivity contribution < 1.29 is 0 Å². The van der Waals surface area contributed by atoms with Crippen molar-refractivity contribution in [2.45, 2.75) is 6.92 Å². The van der Waals surface area contributed by atoms with E-state index in [9.17, 15) is 0 Å². The largest absolute Gasteiger partial charge is 0.338 e. The van der Waals surface area contributed by atoms with Gasteiger partial charge in [-0.05, 0) is 29.5 Å². The molecule has 0 atom stereocenters. The highest BCUT2D eigenvalue weighted by Crippen LogP contribution is 2.36. The molecule has 2 aliphatic rings. The molecule has 100 valence electrons. The highest BCUT2D eigenvalue weighted by atomic mass is 15.6. The minimum Gasteiger partial charge on any atom is -0.338 e. The lowest BCUT2D eigenvalue weighted by Gasteiger charge is -2.55. The van der Waals surface area contributed by atoms with Gasteiger partial charge in [0.15, 0.2) is 0 Å². The second kappa shape index (κ2) is 4.62. The number of tetrazole rings is 1. The molecule has 2 saturated heterocycles. The van der Waals surface area contributed by atoms with E-state index in [1.165, 1.54) is 0 Å². The lowest BCUT2D eigenvalue weighted by molar-refractivity contribution is 0.119. The van der Waals surface area contributed by atoms with Crippen LogP contribution in [-0.2, 0) is 0 Å². The lowest BCUT2D eigenvalue weighted by atomic mass is 9.75. The van der Waals surface area contributed by atoms with Crippen molar-refractivity contribution in [2.24, 2.45) is 5.41 Å². The van der Waals surface area contributed by atoms with Gasteiger partial charge in [-0.1, -0.05) is 23.8 Å². The number of allylic oxidation sites excluding steroid dienone is 5. The van der Waals surface area contributed by atoms with Crippen LogP contribution in [-0.4, -0.2) is 46.4 Å². The highest BCUT2D eigenvalue weighted by molar-refractivity contribution is 5.62. The van der Waals surface area contributed by atoms with E-state index in [0.717, 1.165) is 37.8 Å². The normalized spacial score (nSPS) is 21.5. The summed E-state index contributed by atoms with van der Waals surface area (Å²) in [7, 11) is 0. The highest BCUT2D eigenvalue weighted by Gasteiger charge is 2.49. The molecule has 1 aromatic rings. The summed E-state index contributed by atoms with van der Waals surface area (Å²) in [6, 6.07) is 0. The summed E-state index contributed by atoms with van der Waals surface area (Å²) in [5, 5.41) is 15.4. The van der Waals surface area contributed by atoms with Crippen molar-refractivity contribution in [1.29, 1.82) is 0 Å². The van der Waals surface area contributed by atoms with Crippen LogP contribution in [0.3, 0.4) is 0 Å². The number of nitrogens with one attached hydrogen (secondary N) is 1. The van der Waals surface area contributed by atoms with E-state index in [-0.39, 0.29) is 0 Å². The van der Waals surface area contributed by atoms with Gasteiger partial charge in [0, 0.05) is 31.6 Å². The van der Waals surface area contributed by atoms with Gasteiger partial charge in [0.25, 0.3) is 0 Å². The molecule has 3 heterocycles. The number of hydrogen-bond donors (Lipinski definition) is 1. The number of hydrogen-bond acceptors (Lipinski definition) is 5. The first-order chi connectivity index (χ1) is 9.28. The number of rotatable bonds is 4. The summed E-state index contributed by atoms with van der Waals surface area (Å²) < 4.78 is 1.76. The van der Waals surface area contributed by atoms with E-state index >= 15 is 0 Å².